The van der Waals surface area contributed by atoms with Gasteiger partial charge in [0.1, 0.15) is 5.69 Å². The number of anilines is 2. The van der Waals surface area contributed by atoms with Crippen LogP contribution < -0.4 is 15.5 Å². The van der Waals surface area contributed by atoms with Gasteiger partial charge < -0.3 is 15.2 Å². The van der Waals surface area contributed by atoms with E-state index in [0.29, 0.717) is 18.1 Å². The summed E-state index contributed by atoms with van der Waals surface area (Å²) in [6.07, 6.45) is 7.79. The Bertz CT molecular complexity index is 1690. The molecule has 8 nitrogen and oxygen atoms in total. The number of piperidine rings is 1. The highest BCUT2D eigenvalue weighted by atomic mass is 16.2. The molecule has 0 saturated carbocycles. The predicted molar refractivity (Wildman–Crippen MR) is 161 cm³/mol. The van der Waals surface area contributed by atoms with Crippen LogP contribution in [0.15, 0.2) is 66.8 Å². The van der Waals surface area contributed by atoms with Crippen LogP contribution in [0.25, 0.3) is 27.4 Å². The van der Waals surface area contributed by atoms with Crippen LogP contribution in [-0.2, 0) is 13.1 Å². The lowest BCUT2D eigenvalue weighted by atomic mass is 10.0. The molecule has 1 atom stereocenters. The lowest BCUT2D eigenvalue weighted by Crippen LogP contribution is -2.44. The van der Waals surface area contributed by atoms with Gasteiger partial charge in [-0.15, -0.1) is 0 Å². The second kappa shape index (κ2) is 9.78. The summed E-state index contributed by atoms with van der Waals surface area (Å²) in [7, 11) is 1.81. The highest BCUT2D eigenvalue weighted by Crippen LogP contribution is 2.40. The molecular weight excluding hydrogens is 498 g/mol. The minimum Gasteiger partial charge on any atom is -0.341 e. The van der Waals surface area contributed by atoms with Gasteiger partial charge >= 0.3 is 6.03 Å². The number of para-hydroxylation sites is 1. The third kappa shape index (κ3) is 4.05. The number of amides is 2. The van der Waals surface area contributed by atoms with Crippen LogP contribution in [0.2, 0.25) is 0 Å². The van der Waals surface area contributed by atoms with Crippen LogP contribution >= 0.6 is 0 Å². The van der Waals surface area contributed by atoms with E-state index in [1.54, 1.807) is 9.80 Å². The van der Waals surface area contributed by atoms with E-state index in [-0.39, 0.29) is 12.1 Å². The zero-order valence-electron chi connectivity index (χ0n) is 23.0. The van der Waals surface area contributed by atoms with Crippen molar-refractivity contribution < 1.29 is 4.79 Å². The zero-order valence-corrected chi connectivity index (χ0v) is 23.0. The normalized spacial score (nSPS) is 19.6. The maximum atomic E-state index is 13.9. The minimum absolute atomic E-state index is 0.118. The van der Waals surface area contributed by atoms with Gasteiger partial charge in [-0.1, -0.05) is 60.7 Å². The maximum absolute atomic E-state index is 13.9. The topological polar surface area (TPSA) is 83.5 Å². The molecule has 3 aliphatic rings. The van der Waals surface area contributed by atoms with Gasteiger partial charge in [0.05, 0.1) is 23.5 Å². The Morgan fingerprint density at radius 1 is 1.00 bits per heavy atom. The molecular formula is C32H35N7O. The molecule has 2 aliphatic heterocycles. The number of hydrogen-bond donors (Lipinski definition) is 1. The lowest BCUT2D eigenvalue weighted by molar-refractivity contribution is 0.222. The van der Waals surface area contributed by atoms with Gasteiger partial charge in [-0.2, -0.15) is 4.98 Å². The van der Waals surface area contributed by atoms with Crippen LogP contribution in [0.5, 0.6) is 0 Å². The van der Waals surface area contributed by atoms with Crippen molar-refractivity contribution in [2.75, 3.05) is 29.9 Å². The predicted octanol–water partition coefficient (Wildman–Crippen LogP) is 5.67. The Hall–Kier alpha value is -4.17. The largest absolute Gasteiger partial charge is 0.341 e. The van der Waals surface area contributed by atoms with Crippen molar-refractivity contribution in [3.8, 4) is 0 Å². The first-order valence-electron chi connectivity index (χ1n) is 14.3. The maximum Gasteiger partial charge on any atom is 0.330 e. The number of benzene rings is 2. The number of urea groups is 1. The number of imidazole rings is 1. The van der Waals surface area contributed by atoms with E-state index >= 15 is 0 Å². The molecule has 0 radical (unpaired) electrons. The number of allylic oxidation sites excluding steroid dienone is 2. The van der Waals surface area contributed by atoms with E-state index < -0.39 is 0 Å². The molecule has 40 heavy (non-hydrogen) atoms. The molecule has 204 valence electrons. The second-order valence-corrected chi connectivity index (χ2v) is 11.3. The van der Waals surface area contributed by atoms with E-state index in [1.807, 2.05) is 37.4 Å². The molecule has 0 spiro atoms. The van der Waals surface area contributed by atoms with Crippen molar-refractivity contribution >= 4 is 45.2 Å². The summed E-state index contributed by atoms with van der Waals surface area (Å²) in [4.78, 5) is 29.7. The van der Waals surface area contributed by atoms with Gasteiger partial charge in [-0.05, 0) is 43.6 Å². The van der Waals surface area contributed by atoms with Crippen LogP contribution in [0.4, 0.5) is 16.6 Å². The minimum atomic E-state index is -0.150. The van der Waals surface area contributed by atoms with E-state index in [9.17, 15) is 4.79 Å². The summed E-state index contributed by atoms with van der Waals surface area (Å²) in [6, 6.07) is 16.4. The number of carbonyl (C=O) groups is 1. The molecule has 1 saturated heterocycles. The third-order valence-corrected chi connectivity index (χ3v) is 8.60. The molecule has 2 aromatic carbocycles. The first-order chi connectivity index (χ1) is 19.5. The fourth-order valence-electron chi connectivity index (χ4n) is 6.54. The monoisotopic (exact) mass is 533 g/mol. The lowest BCUT2D eigenvalue weighted by Gasteiger charge is -2.35. The van der Waals surface area contributed by atoms with Gasteiger partial charge in [0, 0.05) is 43.5 Å². The third-order valence-electron chi connectivity index (χ3n) is 8.60. The number of carbonyl (C=O) groups excluding carboxylic acids is 1. The van der Waals surface area contributed by atoms with Crippen molar-refractivity contribution in [2.45, 2.75) is 51.2 Å². The zero-order chi connectivity index (χ0) is 27.4. The van der Waals surface area contributed by atoms with Crippen LogP contribution in [0.3, 0.4) is 0 Å². The van der Waals surface area contributed by atoms with E-state index in [0.717, 1.165) is 84.3 Å². The van der Waals surface area contributed by atoms with Crippen LogP contribution in [0, 0.1) is 0 Å². The first kappa shape index (κ1) is 24.8. The van der Waals surface area contributed by atoms with Gasteiger partial charge in [-0.3, -0.25) is 14.8 Å². The van der Waals surface area contributed by atoms with Gasteiger partial charge in [0.2, 0.25) is 5.95 Å². The molecule has 1 aliphatic carbocycles. The standard InChI is InChI=1S/C32H35N7O/c1-21-29-30(35-31(37-17-9-12-23(33)19-37)39(29)18-22-10-3-4-11-22)36(2)32(40)38(21)20-28-26-15-6-5-13-24(26)25-14-7-8-16-27(25)34-28/h5-8,10,13-16,23H,1,3-4,9,11-12,17-20,33H2,2H3. The van der Waals surface area contributed by atoms with E-state index in [4.69, 9.17) is 15.7 Å². The summed E-state index contributed by atoms with van der Waals surface area (Å²) in [5.74, 6) is 1.54. The van der Waals surface area contributed by atoms with Crippen molar-refractivity contribution in [3.63, 3.8) is 0 Å². The molecule has 2 N–H and O–H groups in total. The highest BCUT2D eigenvalue weighted by molar-refractivity contribution is 6.07. The molecule has 1 fully saturated rings. The summed E-state index contributed by atoms with van der Waals surface area (Å²) >= 11 is 0. The Morgan fingerprint density at radius 3 is 2.55 bits per heavy atom. The highest BCUT2D eigenvalue weighted by Gasteiger charge is 2.38. The van der Waals surface area contributed by atoms with Crippen LogP contribution in [-0.4, -0.2) is 51.6 Å². The van der Waals surface area contributed by atoms with Gasteiger partial charge in [-0.25, -0.2) is 4.79 Å². The van der Waals surface area contributed by atoms with Crippen molar-refractivity contribution in [1.82, 2.24) is 19.4 Å². The Kier molecular flexibility index (Phi) is 6.08. The molecule has 1 unspecified atom stereocenters. The average Bonchev–Trinajstić information content (AvgIpc) is 3.63. The smallest absolute Gasteiger partial charge is 0.330 e. The van der Waals surface area contributed by atoms with Crippen molar-refractivity contribution in [2.24, 2.45) is 5.73 Å². The number of nitrogens with two attached hydrogens (primary N) is 1. The number of fused-ring (bicyclic) bond motifs is 4. The van der Waals surface area contributed by atoms with E-state index in [1.165, 1.54) is 12.0 Å². The van der Waals surface area contributed by atoms with Crippen LogP contribution in [0.1, 0.15) is 43.5 Å². The fourth-order valence-corrected chi connectivity index (χ4v) is 6.54. The Morgan fingerprint density at radius 2 is 1.77 bits per heavy atom. The van der Waals surface area contributed by atoms with Gasteiger partial charge in [0.15, 0.2) is 5.82 Å². The Labute approximate surface area is 234 Å². The molecule has 8 heteroatoms. The molecule has 7 rings (SSSR count). The van der Waals surface area contributed by atoms with Crippen molar-refractivity contribution in [3.05, 3.63) is 78.1 Å². The number of nitrogens with zero attached hydrogens (tertiary/aromatic N) is 6. The fraction of sp³-hybridized carbons (Fsp3) is 0.344. The molecule has 0 bridgehead atoms. The summed E-state index contributed by atoms with van der Waals surface area (Å²) < 4.78 is 2.27. The second-order valence-electron chi connectivity index (χ2n) is 11.3. The molecule has 2 amide bonds. The molecule has 4 heterocycles. The number of pyridine rings is 1. The number of hydrogen-bond acceptors (Lipinski definition) is 5. The molecule has 2 aromatic heterocycles. The average molecular weight is 534 g/mol. The SMILES string of the molecule is C=C1c2c(nc(N3CCCC(N)C3)n2CC2=CCCC2)N(C)C(=O)N1Cc1nc2ccccc2c2ccccc12. The molecule has 4 aromatic rings. The van der Waals surface area contributed by atoms with Gasteiger partial charge in [0.25, 0.3) is 0 Å². The van der Waals surface area contributed by atoms with Crippen molar-refractivity contribution in [1.29, 1.82) is 0 Å². The summed E-state index contributed by atoms with van der Waals surface area (Å²) in [6.45, 7) is 7.23. The summed E-state index contributed by atoms with van der Waals surface area (Å²) in [5.41, 5.74) is 11.1. The first-order valence-corrected chi connectivity index (χ1v) is 14.3. The summed E-state index contributed by atoms with van der Waals surface area (Å²) in [5, 5.41) is 3.29. The number of aromatic nitrogens is 3. The van der Waals surface area contributed by atoms with E-state index in [2.05, 4.69) is 40.3 Å². The Balaban J connectivity index is 1.33. The number of rotatable bonds is 5. The quantitative estimate of drug-likeness (QED) is 0.264.